The van der Waals surface area contributed by atoms with E-state index in [0.29, 0.717) is 18.0 Å². The predicted octanol–water partition coefficient (Wildman–Crippen LogP) is 3.91. The van der Waals surface area contributed by atoms with E-state index in [1.165, 1.54) is 22.4 Å². The van der Waals surface area contributed by atoms with Gasteiger partial charge in [0.15, 0.2) is 5.96 Å². The van der Waals surface area contributed by atoms with Gasteiger partial charge in [0.05, 0.1) is 5.69 Å². The molecule has 0 aliphatic heterocycles. The summed E-state index contributed by atoms with van der Waals surface area (Å²) in [6.45, 7) is 8.27. The Morgan fingerprint density at radius 2 is 1.90 bits per heavy atom. The van der Waals surface area contributed by atoms with Crippen LogP contribution in [0.15, 0.2) is 35.5 Å². The molecule has 2 aromatic rings. The highest BCUT2D eigenvalue weighted by molar-refractivity contribution is 14.0. The molecule has 1 heterocycles. The summed E-state index contributed by atoms with van der Waals surface area (Å²) in [6.07, 6.45) is 7.74. The average molecular weight is 507 g/mol. The van der Waals surface area contributed by atoms with Gasteiger partial charge in [-0.2, -0.15) is 5.10 Å². The molecule has 0 saturated carbocycles. The normalized spacial score (nSPS) is 18.9. The van der Waals surface area contributed by atoms with E-state index in [2.05, 4.69) is 66.5 Å². The first-order valence-corrected chi connectivity index (χ1v) is 10.8. The predicted molar refractivity (Wildman–Crippen MR) is 130 cm³/mol. The SMILES string of the molecule is CCNC(=NCC1Cc2ccccc2C1)NC1CCc2cn(C(C)C)nc2C1.I. The number of aliphatic imine (C=N–C) groups is 1. The summed E-state index contributed by atoms with van der Waals surface area (Å²) < 4.78 is 2.10. The third-order valence-corrected chi connectivity index (χ3v) is 5.95. The first-order chi connectivity index (χ1) is 13.6. The Kier molecular flexibility index (Phi) is 7.60. The summed E-state index contributed by atoms with van der Waals surface area (Å²) in [5, 5.41) is 11.9. The number of rotatable bonds is 5. The van der Waals surface area contributed by atoms with Crippen LogP contribution < -0.4 is 10.6 Å². The monoisotopic (exact) mass is 507 g/mol. The van der Waals surface area contributed by atoms with Crippen LogP contribution in [-0.4, -0.2) is 34.9 Å². The van der Waals surface area contributed by atoms with Crippen LogP contribution in [0.1, 0.15) is 55.6 Å². The quantitative estimate of drug-likeness (QED) is 0.367. The summed E-state index contributed by atoms with van der Waals surface area (Å²) in [7, 11) is 0. The van der Waals surface area contributed by atoms with Crippen molar-refractivity contribution >= 4 is 29.9 Å². The summed E-state index contributed by atoms with van der Waals surface area (Å²) in [6, 6.07) is 9.65. The van der Waals surface area contributed by atoms with E-state index in [1.807, 2.05) is 0 Å². The molecule has 4 rings (SSSR count). The minimum absolute atomic E-state index is 0. The average Bonchev–Trinajstić information content (AvgIpc) is 3.29. The maximum atomic E-state index is 4.93. The zero-order valence-electron chi connectivity index (χ0n) is 17.8. The van der Waals surface area contributed by atoms with Gasteiger partial charge in [-0.05, 0) is 69.1 Å². The molecule has 6 heteroatoms. The van der Waals surface area contributed by atoms with Gasteiger partial charge < -0.3 is 10.6 Å². The molecular formula is C23H34IN5. The zero-order valence-corrected chi connectivity index (χ0v) is 20.1. The third kappa shape index (κ3) is 5.32. The summed E-state index contributed by atoms with van der Waals surface area (Å²) in [5.41, 5.74) is 5.67. The number of halogens is 1. The van der Waals surface area contributed by atoms with Gasteiger partial charge in [-0.25, -0.2) is 0 Å². The van der Waals surface area contributed by atoms with Crippen molar-refractivity contribution in [2.45, 2.75) is 65.0 Å². The Morgan fingerprint density at radius 3 is 2.55 bits per heavy atom. The van der Waals surface area contributed by atoms with Crippen molar-refractivity contribution in [1.82, 2.24) is 20.4 Å². The first-order valence-electron chi connectivity index (χ1n) is 10.8. The highest BCUT2D eigenvalue weighted by Gasteiger charge is 2.24. The van der Waals surface area contributed by atoms with Crippen LogP contribution in [0.3, 0.4) is 0 Å². The molecule has 29 heavy (non-hydrogen) atoms. The van der Waals surface area contributed by atoms with E-state index in [9.17, 15) is 0 Å². The maximum Gasteiger partial charge on any atom is 0.191 e. The fourth-order valence-electron chi connectivity index (χ4n) is 4.41. The van der Waals surface area contributed by atoms with E-state index in [-0.39, 0.29) is 24.0 Å². The molecule has 1 atom stereocenters. The van der Waals surface area contributed by atoms with Crippen LogP contribution in [0.2, 0.25) is 0 Å². The van der Waals surface area contributed by atoms with Gasteiger partial charge in [-0.15, -0.1) is 24.0 Å². The molecule has 0 spiro atoms. The molecule has 0 amide bonds. The van der Waals surface area contributed by atoms with Crippen molar-refractivity contribution in [2.24, 2.45) is 10.9 Å². The number of aromatic nitrogens is 2. The molecule has 0 radical (unpaired) electrons. The van der Waals surface area contributed by atoms with E-state index in [0.717, 1.165) is 51.2 Å². The van der Waals surface area contributed by atoms with Crippen LogP contribution in [0.5, 0.6) is 0 Å². The fraction of sp³-hybridized carbons (Fsp3) is 0.565. The number of nitrogens with one attached hydrogen (secondary N) is 2. The molecular weight excluding hydrogens is 473 g/mol. The number of hydrogen-bond acceptors (Lipinski definition) is 2. The largest absolute Gasteiger partial charge is 0.357 e. The number of fused-ring (bicyclic) bond motifs is 2. The molecule has 2 N–H and O–H groups in total. The van der Waals surface area contributed by atoms with Crippen molar-refractivity contribution in [2.75, 3.05) is 13.1 Å². The highest BCUT2D eigenvalue weighted by atomic mass is 127. The Hall–Kier alpha value is -1.57. The molecule has 0 bridgehead atoms. The number of hydrogen-bond donors (Lipinski definition) is 2. The number of benzene rings is 1. The van der Waals surface area contributed by atoms with Gasteiger partial charge in [-0.3, -0.25) is 9.67 Å². The Balaban J connectivity index is 0.00000240. The molecule has 2 aliphatic rings. The minimum atomic E-state index is 0. The molecule has 2 aliphatic carbocycles. The zero-order chi connectivity index (χ0) is 19.5. The molecule has 1 unspecified atom stereocenters. The van der Waals surface area contributed by atoms with Crippen molar-refractivity contribution in [1.29, 1.82) is 0 Å². The lowest BCUT2D eigenvalue weighted by atomic mass is 9.94. The lowest BCUT2D eigenvalue weighted by molar-refractivity contribution is 0.497. The Bertz CT molecular complexity index is 817. The molecule has 0 fully saturated rings. The highest BCUT2D eigenvalue weighted by Crippen LogP contribution is 2.26. The van der Waals surface area contributed by atoms with Gasteiger partial charge in [0.25, 0.3) is 0 Å². The lowest BCUT2D eigenvalue weighted by Gasteiger charge is -2.24. The van der Waals surface area contributed by atoms with E-state index in [4.69, 9.17) is 10.1 Å². The third-order valence-electron chi connectivity index (χ3n) is 5.95. The first kappa shape index (κ1) is 22.1. The van der Waals surface area contributed by atoms with Gasteiger partial charge in [0, 0.05) is 37.8 Å². The second-order valence-electron chi connectivity index (χ2n) is 8.52. The van der Waals surface area contributed by atoms with E-state index in [1.54, 1.807) is 0 Å². The second-order valence-corrected chi connectivity index (χ2v) is 8.52. The summed E-state index contributed by atoms with van der Waals surface area (Å²) >= 11 is 0. The van der Waals surface area contributed by atoms with Crippen LogP contribution in [0.25, 0.3) is 0 Å². The van der Waals surface area contributed by atoms with Gasteiger partial charge in [-0.1, -0.05) is 24.3 Å². The molecule has 5 nitrogen and oxygen atoms in total. The summed E-state index contributed by atoms with van der Waals surface area (Å²) in [4.78, 5) is 4.93. The van der Waals surface area contributed by atoms with Gasteiger partial charge >= 0.3 is 0 Å². The van der Waals surface area contributed by atoms with Crippen molar-refractivity contribution in [3.8, 4) is 0 Å². The number of aryl methyl sites for hydroxylation is 1. The van der Waals surface area contributed by atoms with Crippen LogP contribution in [0, 0.1) is 5.92 Å². The Morgan fingerprint density at radius 1 is 1.17 bits per heavy atom. The fourth-order valence-corrected chi connectivity index (χ4v) is 4.41. The maximum absolute atomic E-state index is 4.93. The van der Waals surface area contributed by atoms with Crippen molar-refractivity contribution in [3.05, 3.63) is 52.8 Å². The molecule has 158 valence electrons. The summed E-state index contributed by atoms with van der Waals surface area (Å²) in [5.74, 6) is 1.57. The van der Waals surface area contributed by atoms with Crippen LogP contribution in [-0.2, 0) is 25.7 Å². The number of guanidine groups is 1. The van der Waals surface area contributed by atoms with E-state index < -0.39 is 0 Å². The van der Waals surface area contributed by atoms with Gasteiger partial charge in [0.1, 0.15) is 0 Å². The lowest BCUT2D eigenvalue weighted by Crippen LogP contribution is -2.46. The second kappa shape index (κ2) is 9.96. The molecule has 1 aromatic heterocycles. The Labute approximate surface area is 191 Å². The smallest absolute Gasteiger partial charge is 0.191 e. The van der Waals surface area contributed by atoms with E-state index >= 15 is 0 Å². The van der Waals surface area contributed by atoms with Crippen molar-refractivity contribution in [3.63, 3.8) is 0 Å². The van der Waals surface area contributed by atoms with Crippen LogP contribution >= 0.6 is 24.0 Å². The topological polar surface area (TPSA) is 54.2 Å². The van der Waals surface area contributed by atoms with Gasteiger partial charge in [0.2, 0.25) is 0 Å². The number of nitrogens with zero attached hydrogens (tertiary/aromatic N) is 3. The molecule has 1 aromatic carbocycles. The molecule has 0 saturated heterocycles. The van der Waals surface area contributed by atoms with Crippen LogP contribution in [0.4, 0.5) is 0 Å². The standard InChI is InChI=1S/C23H33N5.HI/c1-4-24-23(25-14-17-11-18-7-5-6-8-19(18)12-17)26-21-10-9-20-15-28(16(2)3)27-22(20)13-21;/h5-8,15-17,21H,4,9-14H2,1-3H3,(H2,24,25,26);1H. The minimum Gasteiger partial charge on any atom is -0.357 e. The van der Waals surface area contributed by atoms with Crippen molar-refractivity contribution < 1.29 is 0 Å².